The van der Waals surface area contributed by atoms with Gasteiger partial charge < -0.3 is 4.84 Å². The Hall–Kier alpha value is -3.01. The van der Waals surface area contributed by atoms with Gasteiger partial charge in [-0.1, -0.05) is 47.6 Å². The zero-order valence-corrected chi connectivity index (χ0v) is 13.1. The lowest BCUT2D eigenvalue weighted by molar-refractivity contribution is 0.148. The Kier molecular flexibility index (Phi) is 5.30. The van der Waals surface area contributed by atoms with Gasteiger partial charge in [-0.3, -0.25) is 4.98 Å². The van der Waals surface area contributed by atoms with Gasteiger partial charge in [0, 0.05) is 29.9 Å². The third-order valence-electron chi connectivity index (χ3n) is 3.51. The first-order valence-corrected chi connectivity index (χ1v) is 7.73. The van der Waals surface area contributed by atoms with Crippen molar-refractivity contribution in [1.29, 1.82) is 0 Å². The minimum atomic E-state index is -0.312. The molecule has 24 heavy (non-hydrogen) atoms. The van der Waals surface area contributed by atoms with Crippen molar-refractivity contribution < 1.29 is 9.23 Å². The number of hydrogen-bond donors (Lipinski definition) is 0. The van der Waals surface area contributed by atoms with Crippen LogP contribution >= 0.6 is 0 Å². The summed E-state index contributed by atoms with van der Waals surface area (Å²) in [6.07, 6.45) is 4.13. The van der Waals surface area contributed by atoms with Crippen molar-refractivity contribution in [1.82, 2.24) is 4.98 Å². The van der Waals surface area contributed by atoms with Crippen molar-refractivity contribution >= 4 is 5.71 Å². The van der Waals surface area contributed by atoms with E-state index in [2.05, 4.69) is 10.1 Å². The van der Waals surface area contributed by atoms with E-state index >= 15 is 0 Å². The minimum Gasteiger partial charge on any atom is -0.395 e. The van der Waals surface area contributed by atoms with Crippen molar-refractivity contribution in [3.05, 3.63) is 102 Å². The SMILES string of the molecule is Fc1cccc(C(=NOCCc2ccccc2)c2cccnc2)c1. The maximum Gasteiger partial charge on any atom is 0.123 e. The normalized spacial score (nSPS) is 11.3. The Balaban J connectivity index is 1.77. The quantitative estimate of drug-likeness (QED) is 0.387. The Morgan fingerprint density at radius 3 is 2.54 bits per heavy atom. The van der Waals surface area contributed by atoms with Crippen molar-refractivity contribution in [2.75, 3.05) is 6.61 Å². The molecule has 1 aromatic heterocycles. The third-order valence-corrected chi connectivity index (χ3v) is 3.51. The molecule has 0 amide bonds. The Labute approximate surface area is 140 Å². The summed E-state index contributed by atoms with van der Waals surface area (Å²) >= 11 is 0. The molecule has 0 aliphatic carbocycles. The predicted molar refractivity (Wildman–Crippen MR) is 92.4 cm³/mol. The van der Waals surface area contributed by atoms with Crippen LogP contribution in [0.1, 0.15) is 16.7 Å². The van der Waals surface area contributed by atoms with E-state index in [1.54, 1.807) is 24.5 Å². The van der Waals surface area contributed by atoms with E-state index < -0.39 is 0 Å². The Bertz CT molecular complexity index is 804. The fourth-order valence-corrected chi connectivity index (χ4v) is 2.33. The van der Waals surface area contributed by atoms with Gasteiger partial charge in [-0.05, 0) is 29.8 Å². The summed E-state index contributed by atoms with van der Waals surface area (Å²) in [5.41, 5.74) is 3.18. The number of oxime groups is 1. The molecule has 0 fully saturated rings. The van der Waals surface area contributed by atoms with Gasteiger partial charge in [0.05, 0.1) is 0 Å². The highest BCUT2D eigenvalue weighted by atomic mass is 19.1. The van der Waals surface area contributed by atoms with Gasteiger partial charge in [-0.15, -0.1) is 0 Å². The summed E-state index contributed by atoms with van der Waals surface area (Å²) < 4.78 is 13.5. The largest absolute Gasteiger partial charge is 0.395 e. The monoisotopic (exact) mass is 320 g/mol. The first-order chi connectivity index (χ1) is 11.8. The molecule has 0 radical (unpaired) electrons. The van der Waals surface area contributed by atoms with E-state index in [-0.39, 0.29) is 5.82 Å². The molecule has 120 valence electrons. The molecule has 4 heteroatoms. The average Bonchev–Trinajstić information content (AvgIpc) is 2.63. The number of pyridine rings is 1. The van der Waals surface area contributed by atoms with E-state index in [1.165, 1.54) is 17.7 Å². The van der Waals surface area contributed by atoms with Crippen molar-refractivity contribution in [2.24, 2.45) is 5.16 Å². The molecular formula is C20H17FN2O. The second-order valence-electron chi connectivity index (χ2n) is 5.26. The fourth-order valence-electron chi connectivity index (χ4n) is 2.33. The average molecular weight is 320 g/mol. The molecule has 2 aromatic carbocycles. The fraction of sp³-hybridized carbons (Fsp3) is 0.100. The molecule has 0 saturated carbocycles. The number of aromatic nitrogens is 1. The van der Waals surface area contributed by atoms with Gasteiger partial charge in [-0.25, -0.2) is 4.39 Å². The predicted octanol–water partition coefficient (Wildman–Crippen LogP) is 4.23. The molecule has 0 spiro atoms. The summed E-state index contributed by atoms with van der Waals surface area (Å²) in [4.78, 5) is 9.59. The third kappa shape index (κ3) is 4.26. The Morgan fingerprint density at radius 2 is 1.79 bits per heavy atom. The smallest absolute Gasteiger partial charge is 0.123 e. The molecule has 3 rings (SSSR count). The van der Waals surface area contributed by atoms with E-state index in [4.69, 9.17) is 4.84 Å². The van der Waals surface area contributed by atoms with Gasteiger partial charge >= 0.3 is 0 Å². The van der Waals surface area contributed by atoms with Crippen LogP contribution in [0.3, 0.4) is 0 Å². The van der Waals surface area contributed by atoms with Crippen LogP contribution in [-0.2, 0) is 11.3 Å². The zero-order chi connectivity index (χ0) is 16.6. The lowest BCUT2D eigenvalue weighted by Crippen LogP contribution is -2.06. The van der Waals surface area contributed by atoms with Gasteiger partial charge in [-0.2, -0.15) is 0 Å². The van der Waals surface area contributed by atoms with E-state index in [9.17, 15) is 4.39 Å². The van der Waals surface area contributed by atoms with Gasteiger partial charge in [0.1, 0.15) is 18.1 Å². The maximum atomic E-state index is 13.5. The van der Waals surface area contributed by atoms with Crippen LogP contribution in [0, 0.1) is 5.82 Å². The molecular weight excluding hydrogens is 303 g/mol. The molecule has 0 saturated heterocycles. The van der Waals surface area contributed by atoms with Crippen LogP contribution in [0.25, 0.3) is 0 Å². The summed E-state index contributed by atoms with van der Waals surface area (Å²) in [6, 6.07) is 20.0. The number of rotatable bonds is 6. The minimum absolute atomic E-state index is 0.312. The maximum absolute atomic E-state index is 13.5. The van der Waals surface area contributed by atoms with Crippen molar-refractivity contribution in [3.63, 3.8) is 0 Å². The highest BCUT2D eigenvalue weighted by Crippen LogP contribution is 2.12. The van der Waals surface area contributed by atoms with Crippen LogP contribution in [0.5, 0.6) is 0 Å². The van der Waals surface area contributed by atoms with Crippen LogP contribution in [0.2, 0.25) is 0 Å². The highest BCUT2D eigenvalue weighted by Gasteiger charge is 2.09. The number of benzene rings is 2. The summed E-state index contributed by atoms with van der Waals surface area (Å²) in [7, 11) is 0. The first-order valence-electron chi connectivity index (χ1n) is 7.73. The molecule has 0 N–H and O–H groups in total. The second kappa shape index (κ2) is 8.02. The topological polar surface area (TPSA) is 34.5 Å². The molecule has 0 aliphatic rings. The molecule has 0 aliphatic heterocycles. The molecule has 0 atom stereocenters. The zero-order valence-electron chi connectivity index (χ0n) is 13.1. The number of nitrogens with zero attached hydrogens (tertiary/aromatic N) is 2. The second-order valence-corrected chi connectivity index (χ2v) is 5.26. The van der Waals surface area contributed by atoms with Gasteiger partial charge in [0.25, 0.3) is 0 Å². The molecule has 0 unspecified atom stereocenters. The van der Waals surface area contributed by atoms with E-state index in [0.717, 1.165) is 12.0 Å². The number of halogens is 1. The number of hydrogen-bond acceptors (Lipinski definition) is 3. The van der Waals surface area contributed by atoms with Crippen LogP contribution in [0.4, 0.5) is 4.39 Å². The Morgan fingerprint density at radius 1 is 0.958 bits per heavy atom. The summed E-state index contributed by atoms with van der Waals surface area (Å²) in [5, 5.41) is 4.23. The van der Waals surface area contributed by atoms with Crippen LogP contribution in [-0.4, -0.2) is 17.3 Å². The molecule has 0 bridgehead atoms. The van der Waals surface area contributed by atoms with Crippen LogP contribution in [0.15, 0.2) is 84.3 Å². The van der Waals surface area contributed by atoms with Gasteiger partial charge in [0.15, 0.2) is 0 Å². The van der Waals surface area contributed by atoms with Crippen LogP contribution < -0.4 is 0 Å². The van der Waals surface area contributed by atoms with Crippen molar-refractivity contribution in [2.45, 2.75) is 6.42 Å². The first kappa shape index (κ1) is 15.9. The van der Waals surface area contributed by atoms with Gasteiger partial charge in [0.2, 0.25) is 0 Å². The summed E-state index contributed by atoms with van der Waals surface area (Å²) in [6.45, 7) is 0.448. The summed E-state index contributed by atoms with van der Waals surface area (Å²) in [5.74, 6) is -0.312. The van der Waals surface area contributed by atoms with E-state index in [0.29, 0.717) is 17.9 Å². The lowest BCUT2D eigenvalue weighted by atomic mass is 10.0. The van der Waals surface area contributed by atoms with E-state index in [1.807, 2.05) is 42.5 Å². The molecule has 3 aromatic rings. The van der Waals surface area contributed by atoms with Crippen molar-refractivity contribution in [3.8, 4) is 0 Å². The molecule has 3 nitrogen and oxygen atoms in total. The lowest BCUT2D eigenvalue weighted by Gasteiger charge is -2.07. The standard InChI is InChI=1S/C20H17FN2O/c21-19-10-4-8-17(14-19)20(18-9-5-12-22-15-18)23-24-13-11-16-6-2-1-3-7-16/h1-10,12,14-15H,11,13H2. The highest BCUT2D eigenvalue weighted by molar-refractivity contribution is 6.12. The molecule has 1 heterocycles.